The minimum atomic E-state index is -3.68. The van der Waals surface area contributed by atoms with Crippen molar-refractivity contribution in [2.45, 2.75) is 29.2 Å². The molecule has 8 nitrogen and oxygen atoms in total. The highest BCUT2D eigenvalue weighted by molar-refractivity contribution is 7.91. The number of pyridine rings is 2. The van der Waals surface area contributed by atoms with Crippen LogP contribution in [0, 0.1) is 0 Å². The molecule has 168 valence electrons. The van der Waals surface area contributed by atoms with Gasteiger partial charge in [-0.2, -0.15) is 0 Å². The monoisotopic (exact) mass is 461 g/mol. The number of imidazole rings is 1. The topological polar surface area (TPSA) is 96.7 Å². The first-order chi connectivity index (χ1) is 16.0. The molecule has 0 unspecified atom stereocenters. The van der Waals surface area contributed by atoms with Crippen LogP contribution in [0.3, 0.4) is 0 Å². The molecule has 1 N–H and O–H groups in total. The Morgan fingerprint density at radius 2 is 1.79 bits per heavy atom. The number of nitrogens with one attached hydrogen (secondary N) is 1. The van der Waals surface area contributed by atoms with Crippen LogP contribution < -0.4 is 10.2 Å². The zero-order valence-electron chi connectivity index (χ0n) is 17.9. The summed E-state index contributed by atoms with van der Waals surface area (Å²) < 4.78 is 28.0. The summed E-state index contributed by atoms with van der Waals surface area (Å²) in [4.78, 5) is 23.3. The number of fused-ring (bicyclic) bond motifs is 1. The zero-order valence-corrected chi connectivity index (χ0v) is 18.7. The van der Waals surface area contributed by atoms with Crippen molar-refractivity contribution in [1.82, 2.24) is 19.7 Å². The lowest BCUT2D eigenvalue weighted by molar-refractivity contribution is 0.0950. The molecule has 1 saturated heterocycles. The summed E-state index contributed by atoms with van der Waals surface area (Å²) in [7, 11) is -3.68. The number of hydrogen-bond donors (Lipinski definition) is 1. The van der Waals surface area contributed by atoms with Crippen molar-refractivity contribution in [3.05, 3.63) is 84.6 Å². The van der Waals surface area contributed by atoms with Gasteiger partial charge in [-0.25, -0.2) is 13.4 Å². The molecule has 1 amide bonds. The molecule has 3 aromatic heterocycles. The van der Waals surface area contributed by atoms with Gasteiger partial charge in [-0.05, 0) is 48.7 Å². The number of anilines is 1. The Balaban J connectivity index is 1.27. The molecule has 4 heterocycles. The van der Waals surface area contributed by atoms with E-state index in [-0.39, 0.29) is 22.2 Å². The number of nitrogens with zero attached hydrogens (tertiary/aromatic N) is 4. The van der Waals surface area contributed by atoms with Gasteiger partial charge in [0.1, 0.15) is 5.65 Å². The van der Waals surface area contributed by atoms with E-state index in [1.54, 1.807) is 71.7 Å². The second-order valence-corrected chi connectivity index (χ2v) is 9.96. The summed E-state index contributed by atoms with van der Waals surface area (Å²) in [5.74, 6) is -0.216. The van der Waals surface area contributed by atoms with Crippen LogP contribution in [-0.4, -0.2) is 41.8 Å². The molecule has 9 heteroatoms. The van der Waals surface area contributed by atoms with Gasteiger partial charge in [0.15, 0.2) is 0 Å². The highest BCUT2D eigenvalue weighted by Gasteiger charge is 2.21. The second kappa shape index (κ2) is 8.67. The Kier molecular flexibility index (Phi) is 5.55. The van der Waals surface area contributed by atoms with Gasteiger partial charge < -0.3 is 14.6 Å². The highest BCUT2D eigenvalue weighted by atomic mass is 32.2. The van der Waals surface area contributed by atoms with Crippen LogP contribution in [0.4, 0.5) is 5.69 Å². The maximum absolute atomic E-state index is 13.1. The molecule has 1 aliphatic heterocycles. The molecule has 1 fully saturated rings. The van der Waals surface area contributed by atoms with Gasteiger partial charge in [-0.1, -0.05) is 12.1 Å². The van der Waals surface area contributed by atoms with Crippen molar-refractivity contribution in [3.63, 3.8) is 0 Å². The normalized spacial score (nSPS) is 14.0. The highest BCUT2D eigenvalue weighted by Crippen LogP contribution is 2.26. The summed E-state index contributed by atoms with van der Waals surface area (Å²) >= 11 is 0. The molecule has 1 aromatic carbocycles. The average molecular weight is 462 g/mol. The van der Waals surface area contributed by atoms with E-state index in [0.717, 1.165) is 42.8 Å². The number of hydrogen-bond acceptors (Lipinski definition) is 6. The van der Waals surface area contributed by atoms with Gasteiger partial charge in [-0.3, -0.25) is 9.78 Å². The summed E-state index contributed by atoms with van der Waals surface area (Å²) in [6.45, 7) is 2.12. The molecular formula is C24H23N5O3S. The minimum absolute atomic E-state index is 0.183. The first-order valence-electron chi connectivity index (χ1n) is 10.8. The first kappa shape index (κ1) is 21.1. The number of aromatic nitrogens is 3. The molecular weight excluding hydrogens is 438 g/mol. The summed E-state index contributed by atoms with van der Waals surface area (Å²) in [6, 6.07) is 11.8. The fourth-order valence-corrected chi connectivity index (χ4v) is 5.21. The van der Waals surface area contributed by atoms with Gasteiger partial charge in [-0.15, -0.1) is 0 Å². The molecule has 0 radical (unpaired) electrons. The summed E-state index contributed by atoms with van der Waals surface area (Å²) in [5, 5.41) is 2.86. The van der Waals surface area contributed by atoms with E-state index in [9.17, 15) is 13.2 Å². The number of carbonyl (C=O) groups excluding carboxylic acids is 1. The summed E-state index contributed by atoms with van der Waals surface area (Å²) in [5.41, 5.74) is 2.92. The van der Waals surface area contributed by atoms with Gasteiger partial charge in [0.25, 0.3) is 5.91 Å². The number of amides is 1. The molecule has 1 aliphatic rings. The minimum Gasteiger partial charge on any atom is -0.370 e. The third-order valence-electron chi connectivity index (χ3n) is 5.82. The van der Waals surface area contributed by atoms with Crippen molar-refractivity contribution in [2.24, 2.45) is 0 Å². The molecule has 33 heavy (non-hydrogen) atoms. The number of rotatable bonds is 6. The lowest BCUT2D eigenvalue weighted by Gasteiger charge is -2.17. The van der Waals surface area contributed by atoms with Crippen molar-refractivity contribution >= 4 is 27.1 Å². The van der Waals surface area contributed by atoms with Crippen molar-refractivity contribution in [1.29, 1.82) is 0 Å². The van der Waals surface area contributed by atoms with Crippen LogP contribution in [0.5, 0.6) is 0 Å². The van der Waals surface area contributed by atoms with E-state index in [0.29, 0.717) is 5.56 Å². The molecule has 5 rings (SSSR count). The van der Waals surface area contributed by atoms with Crippen LogP contribution >= 0.6 is 0 Å². The predicted octanol–water partition coefficient (Wildman–Crippen LogP) is 3.09. The number of benzene rings is 1. The van der Waals surface area contributed by atoms with Crippen LogP contribution in [0.2, 0.25) is 0 Å². The molecule has 0 saturated carbocycles. The molecule has 0 atom stereocenters. The van der Waals surface area contributed by atoms with Gasteiger partial charge in [0.2, 0.25) is 9.84 Å². The quantitative estimate of drug-likeness (QED) is 0.474. The Bertz CT molecular complexity index is 1410. The van der Waals surface area contributed by atoms with E-state index in [1.165, 1.54) is 6.20 Å². The maximum atomic E-state index is 13.1. The second-order valence-electron chi connectivity index (χ2n) is 8.01. The molecule has 0 bridgehead atoms. The number of sulfone groups is 1. The van der Waals surface area contributed by atoms with Crippen LogP contribution in [0.25, 0.3) is 5.65 Å². The van der Waals surface area contributed by atoms with Crippen LogP contribution in [0.15, 0.2) is 83.2 Å². The Labute approximate surface area is 191 Å². The maximum Gasteiger partial charge on any atom is 0.253 e. The van der Waals surface area contributed by atoms with Crippen molar-refractivity contribution in [2.75, 3.05) is 18.0 Å². The van der Waals surface area contributed by atoms with E-state index >= 15 is 0 Å². The smallest absolute Gasteiger partial charge is 0.253 e. The average Bonchev–Trinajstić information content (AvgIpc) is 3.55. The van der Waals surface area contributed by atoms with Gasteiger partial charge in [0, 0.05) is 44.4 Å². The fraction of sp³-hybridized carbons (Fsp3) is 0.208. The molecule has 4 aromatic rings. The number of carbonyl (C=O) groups is 1. The van der Waals surface area contributed by atoms with E-state index in [4.69, 9.17) is 0 Å². The lowest BCUT2D eigenvalue weighted by Crippen LogP contribution is -2.23. The van der Waals surface area contributed by atoms with E-state index < -0.39 is 9.84 Å². The Morgan fingerprint density at radius 1 is 1.00 bits per heavy atom. The standard InChI is InChI=1S/C24H23N5O3S/c30-24(19-5-8-23-26-9-12-29(23)17-19)27-14-18-3-6-21(7-4-18)33(31,32)22-13-20(15-25-16-22)28-10-1-2-11-28/h3-9,12-13,15-17H,1-2,10-11,14H2,(H,27,30). The zero-order chi connectivity index (χ0) is 22.8. The fourth-order valence-electron chi connectivity index (χ4n) is 3.96. The Hall–Kier alpha value is -3.72. The lowest BCUT2D eigenvalue weighted by atomic mass is 10.2. The van der Waals surface area contributed by atoms with Crippen molar-refractivity contribution < 1.29 is 13.2 Å². The van der Waals surface area contributed by atoms with Gasteiger partial charge >= 0.3 is 0 Å². The molecule has 0 aliphatic carbocycles. The Morgan fingerprint density at radius 3 is 2.58 bits per heavy atom. The van der Waals surface area contributed by atoms with E-state index in [1.807, 2.05) is 0 Å². The van der Waals surface area contributed by atoms with Gasteiger partial charge in [0.05, 0.1) is 27.2 Å². The molecule has 0 spiro atoms. The van der Waals surface area contributed by atoms with Crippen molar-refractivity contribution in [3.8, 4) is 0 Å². The first-order valence-corrected chi connectivity index (χ1v) is 12.2. The third kappa shape index (κ3) is 4.31. The van der Waals surface area contributed by atoms with Crippen LogP contribution in [-0.2, 0) is 16.4 Å². The largest absolute Gasteiger partial charge is 0.370 e. The predicted molar refractivity (Wildman–Crippen MR) is 124 cm³/mol. The summed E-state index contributed by atoms with van der Waals surface area (Å²) in [6.07, 6.45) is 10.5. The van der Waals surface area contributed by atoms with E-state index in [2.05, 4.69) is 20.2 Å². The van der Waals surface area contributed by atoms with Crippen LogP contribution in [0.1, 0.15) is 28.8 Å². The third-order valence-corrected chi connectivity index (χ3v) is 7.55. The SMILES string of the molecule is O=C(NCc1ccc(S(=O)(=O)c2cncc(N3CCCC3)c2)cc1)c1ccc2nccn2c1.